The van der Waals surface area contributed by atoms with Crippen molar-refractivity contribution in [2.75, 3.05) is 13.2 Å². The number of ether oxygens (including phenoxy) is 1. The van der Waals surface area contributed by atoms with Crippen LogP contribution in [-0.4, -0.2) is 24.0 Å². The molecule has 2 aliphatic rings. The van der Waals surface area contributed by atoms with Crippen LogP contribution in [0.4, 0.5) is 0 Å². The maximum atomic E-state index is 12.5. The molecule has 4 rings (SSSR count). The average Bonchev–Trinajstić information content (AvgIpc) is 3.28. The lowest BCUT2D eigenvalue weighted by Crippen LogP contribution is -2.26. The number of amides is 1. The number of carbonyl (C=O) groups excluding carboxylic acids is 1. The van der Waals surface area contributed by atoms with Crippen molar-refractivity contribution in [1.82, 2.24) is 4.90 Å². The van der Waals surface area contributed by atoms with E-state index < -0.39 is 0 Å². The van der Waals surface area contributed by atoms with Crippen LogP contribution in [0.2, 0.25) is 0 Å². The Kier molecular flexibility index (Phi) is 5.20. The molecule has 3 heteroatoms. The van der Waals surface area contributed by atoms with Gasteiger partial charge >= 0.3 is 0 Å². The van der Waals surface area contributed by atoms with Crippen molar-refractivity contribution in [2.45, 2.75) is 52.0 Å². The number of nitrogens with zero attached hydrogens (tertiary/aromatic N) is 1. The van der Waals surface area contributed by atoms with Gasteiger partial charge in [-0.3, -0.25) is 4.79 Å². The van der Waals surface area contributed by atoms with Gasteiger partial charge in [-0.05, 0) is 59.9 Å². The van der Waals surface area contributed by atoms with E-state index in [2.05, 4.69) is 38.1 Å². The molecule has 0 saturated carbocycles. The molecular weight excluding hydrogens is 334 g/mol. The van der Waals surface area contributed by atoms with Crippen LogP contribution in [0.15, 0.2) is 42.5 Å². The molecule has 2 aromatic rings. The zero-order valence-corrected chi connectivity index (χ0v) is 16.4. The Morgan fingerprint density at radius 2 is 2.00 bits per heavy atom. The average molecular weight is 364 g/mol. The minimum absolute atomic E-state index is 0.198. The van der Waals surface area contributed by atoms with Crippen molar-refractivity contribution >= 4 is 5.91 Å². The summed E-state index contributed by atoms with van der Waals surface area (Å²) in [6.45, 7) is 7.04. The number of benzene rings is 2. The van der Waals surface area contributed by atoms with Crippen molar-refractivity contribution in [3.8, 4) is 5.75 Å². The van der Waals surface area contributed by atoms with Crippen molar-refractivity contribution in [3.63, 3.8) is 0 Å². The van der Waals surface area contributed by atoms with Gasteiger partial charge in [0.2, 0.25) is 0 Å². The Labute approximate surface area is 162 Å². The zero-order valence-electron chi connectivity index (χ0n) is 16.4. The number of hydrogen-bond acceptors (Lipinski definition) is 2. The second-order valence-electron chi connectivity index (χ2n) is 8.08. The second-order valence-corrected chi connectivity index (χ2v) is 8.08. The van der Waals surface area contributed by atoms with E-state index >= 15 is 0 Å². The predicted molar refractivity (Wildman–Crippen MR) is 108 cm³/mol. The minimum atomic E-state index is 0.198. The summed E-state index contributed by atoms with van der Waals surface area (Å²) in [6, 6.07) is 14.7. The van der Waals surface area contributed by atoms with Crippen LogP contribution >= 0.6 is 0 Å². The Bertz CT molecular complexity index is 829. The first-order chi connectivity index (χ1) is 13.2. The van der Waals surface area contributed by atoms with Crippen molar-refractivity contribution in [1.29, 1.82) is 0 Å². The van der Waals surface area contributed by atoms with E-state index in [1.54, 1.807) is 0 Å². The number of fused-ring (bicyclic) bond motifs is 2. The smallest absolute Gasteiger partial charge is 0.254 e. The summed E-state index contributed by atoms with van der Waals surface area (Å²) in [5.41, 5.74) is 4.86. The molecule has 0 bridgehead atoms. The third-order valence-corrected chi connectivity index (χ3v) is 6.15. The van der Waals surface area contributed by atoms with E-state index in [1.165, 1.54) is 23.1 Å². The van der Waals surface area contributed by atoms with Gasteiger partial charge in [-0.2, -0.15) is 0 Å². The van der Waals surface area contributed by atoms with Crippen molar-refractivity contribution in [3.05, 3.63) is 64.7 Å². The first-order valence-corrected chi connectivity index (χ1v) is 10.3. The fraction of sp³-hybridized carbons (Fsp3) is 0.458. The van der Waals surface area contributed by atoms with E-state index in [4.69, 9.17) is 4.74 Å². The molecule has 0 N–H and O–H groups in total. The topological polar surface area (TPSA) is 29.5 Å². The Morgan fingerprint density at radius 3 is 2.81 bits per heavy atom. The van der Waals surface area contributed by atoms with Crippen LogP contribution in [0.25, 0.3) is 0 Å². The fourth-order valence-corrected chi connectivity index (χ4v) is 4.47. The van der Waals surface area contributed by atoms with Gasteiger partial charge in [0.25, 0.3) is 5.91 Å². The van der Waals surface area contributed by atoms with Crippen LogP contribution < -0.4 is 4.74 Å². The summed E-state index contributed by atoms with van der Waals surface area (Å²) in [5, 5.41) is 0. The van der Waals surface area contributed by atoms with Crippen LogP contribution in [0.5, 0.6) is 5.75 Å². The third-order valence-electron chi connectivity index (χ3n) is 6.15. The molecule has 2 atom stereocenters. The van der Waals surface area contributed by atoms with Gasteiger partial charge in [-0.1, -0.05) is 44.2 Å². The third kappa shape index (κ3) is 3.73. The van der Waals surface area contributed by atoms with Crippen LogP contribution in [0, 0.1) is 5.92 Å². The van der Waals surface area contributed by atoms with Gasteiger partial charge in [0, 0.05) is 25.1 Å². The standard InChI is InChI=1S/C24H29NO2/c1-3-18(19-8-9-23-20(15-19)11-13-27-23)14-17(2)10-12-25-16-21-6-4-5-7-22(21)24(25)26/h4-9,15,17-18H,3,10-14,16H2,1-2H3. The van der Waals surface area contributed by atoms with Crippen molar-refractivity contribution < 1.29 is 9.53 Å². The Morgan fingerprint density at radius 1 is 1.15 bits per heavy atom. The predicted octanol–water partition coefficient (Wildman–Crippen LogP) is 5.19. The summed E-state index contributed by atoms with van der Waals surface area (Å²) in [4.78, 5) is 14.5. The highest BCUT2D eigenvalue weighted by Crippen LogP contribution is 2.34. The van der Waals surface area contributed by atoms with E-state index in [0.29, 0.717) is 11.8 Å². The van der Waals surface area contributed by atoms with Gasteiger partial charge in [-0.15, -0.1) is 0 Å². The molecule has 142 valence electrons. The van der Waals surface area contributed by atoms with Crippen LogP contribution in [-0.2, 0) is 13.0 Å². The maximum Gasteiger partial charge on any atom is 0.254 e. The quantitative estimate of drug-likeness (QED) is 0.678. The molecule has 0 radical (unpaired) electrons. The first kappa shape index (κ1) is 18.1. The highest BCUT2D eigenvalue weighted by molar-refractivity contribution is 5.98. The monoisotopic (exact) mass is 363 g/mol. The largest absolute Gasteiger partial charge is 0.493 e. The van der Waals surface area contributed by atoms with Gasteiger partial charge in [0.05, 0.1) is 6.61 Å². The summed E-state index contributed by atoms with van der Waals surface area (Å²) >= 11 is 0. The second kappa shape index (κ2) is 7.75. The maximum absolute atomic E-state index is 12.5. The Balaban J connectivity index is 1.33. The molecule has 3 nitrogen and oxygen atoms in total. The van der Waals surface area contributed by atoms with Gasteiger partial charge in [0.15, 0.2) is 0 Å². The molecule has 2 aromatic carbocycles. The highest BCUT2D eigenvalue weighted by Gasteiger charge is 2.27. The van der Waals surface area contributed by atoms with Crippen LogP contribution in [0.1, 0.15) is 66.1 Å². The highest BCUT2D eigenvalue weighted by atomic mass is 16.5. The molecular formula is C24H29NO2. The number of rotatable bonds is 7. The van der Waals surface area contributed by atoms with E-state index in [-0.39, 0.29) is 5.91 Å². The van der Waals surface area contributed by atoms with E-state index in [9.17, 15) is 4.79 Å². The number of hydrogen-bond donors (Lipinski definition) is 0. The van der Waals surface area contributed by atoms with Crippen LogP contribution in [0.3, 0.4) is 0 Å². The zero-order chi connectivity index (χ0) is 18.8. The fourth-order valence-electron chi connectivity index (χ4n) is 4.47. The van der Waals surface area contributed by atoms with Gasteiger partial charge in [0.1, 0.15) is 5.75 Å². The lowest BCUT2D eigenvalue weighted by Gasteiger charge is -2.23. The molecule has 0 aliphatic carbocycles. The van der Waals surface area contributed by atoms with Gasteiger partial charge < -0.3 is 9.64 Å². The summed E-state index contributed by atoms with van der Waals surface area (Å²) in [6.07, 6.45) is 4.42. The molecule has 0 aromatic heterocycles. The van der Waals surface area contributed by atoms with Crippen molar-refractivity contribution in [2.24, 2.45) is 5.92 Å². The molecule has 1 amide bonds. The van der Waals surface area contributed by atoms with Gasteiger partial charge in [-0.25, -0.2) is 0 Å². The molecule has 0 saturated heterocycles. The minimum Gasteiger partial charge on any atom is -0.493 e. The molecule has 0 spiro atoms. The molecule has 27 heavy (non-hydrogen) atoms. The molecule has 2 aliphatic heterocycles. The number of carbonyl (C=O) groups is 1. The Hall–Kier alpha value is -2.29. The van der Waals surface area contributed by atoms with E-state index in [0.717, 1.165) is 50.3 Å². The lowest BCUT2D eigenvalue weighted by atomic mass is 9.85. The summed E-state index contributed by atoms with van der Waals surface area (Å²) < 4.78 is 5.64. The normalized spacial score (nSPS) is 17.4. The first-order valence-electron chi connectivity index (χ1n) is 10.3. The molecule has 0 fully saturated rings. The summed E-state index contributed by atoms with van der Waals surface area (Å²) in [7, 11) is 0. The lowest BCUT2D eigenvalue weighted by molar-refractivity contribution is 0.0769. The molecule has 2 heterocycles. The SMILES string of the molecule is CCC(CC(C)CCN1Cc2ccccc2C1=O)c1ccc2c(c1)CCO2. The molecule has 2 unspecified atom stereocenters. The van der Waals surface area contributed by atoms with E-state index in [1.807, 2.05) is 23.1 Å². The summed E-state index contributed by atoms with van der Waals surface area (Å²) in [5.74, 6) is 2.44.